The molecule has 0 aliphatic carbocycles. The lowest BCUT2D eigenvalue weighted by atomic mass is 9.87. The van der Waals surface area contributed by atoms with Crippen LogP contribution in [0.1, 0.15) is 53.5 Å². The van der Waals surface area contributed by atoms with Crippen LogP contribution >= 0.6 is 11.6 Å². The molecule has 6 nitrogen and oxygen atoms in total. The Kier molecular flexibility index (Phi) is 6.00. The van der Waals surface area contributed by atoms with E-state index in [0.29, 0.717) is 10.8 Å². The molecule has 1 aliphatic rings. The Labute approximate surface area is 165 Å². The van der Waals surface area contributed by atoms with Crippen molar-refractivity contribution in [1.29, 1.82) is 0 Å². The Morgan fingerprint density at radius 3 is 2.30 bits per heavy atom. The minimum Gasteiger partial charge on any atom is -0.487 e. The molecule has 1 aromatic carbocycles. The van der Waals surface area contributed by atoms with Crippen molar-refractivity contribution in [2.75, 3.05) is 6.54 Å². The fourth-order valence-electron chi connectivity index (χ4n) is 2.88. The van der Waals surface area contributed by atoms with Gasteiger partial charge in [0.25, 0.3) is 0 Å². The smallest absolute Gasteiger partial charge is 0.411 e. The van der Waals surface area contributed by atoms with Crippen molar-refractivity contribution in [1.82, 2.24) is 4.90 Å². The Bertz CT molecular complexity index is 720. The average molecular weight is 398 g/mol. The van der Waals surface area contributed by atoms with E-state index in [0.717, 1.165) is 5.56 Å². The highest BCUT2D eigenvalue weighted by atomic mass is 35.5. The van der Waals surface area contributed by atoms with Crippen molar-refractivity contribution < 1.29 is 24.2 Å². The normalized spacial score (nSPS) is 20.5. The molecular formula is C20H28ClNO5. The number of aliphatic carboxylic acids is 1. The van der Waals surface area contributed by atoms with Gasteiger partial charge >= 0.3 is 12.1 Å². The van der Waals surface area contributed by atoms with E-state index < -0.39 is 29.8 Å². The Hall–Kier alpha value is -1.95. The predicted molar refractivity (Wildman–Crippen MR) is 104 cm³/mol. The third-order valence-electron chi connectivity index (χ3n) is 4.27. The number of carbonyl (C=O) groups is 2. The van der Waals surface area contributed by atoms with Gasteiger partial charge in [0.15, 0.2) is 0 Å². The van der Waals surface area contributed by atoms with E-state index in [1.165, 1.54) is 4.90 Å². The zero-order valence-electron chi connectivity index (χ0n) is 16.7. The van der Waals surface area contributed by atoms with E-state index in [2.05, 4.69) is 20.8 Å². The summed E-state index contributed by atoms with van der Waals surface area (Å²) in [6, 6.07) is 4.59. The largest absolute Gasteiger partial charge is 0.487 e. The number of carboxylic acid groups (broad SMARTS) is 1. The maximum absolute atomic E-state index is 12.4. The standard InChI is InChI=1S/C20H28ClNO5/c1-19(2,3)12-7-8-16(14(21)9-12)26-13-10-15(17(23)24)22(11-13)18(25)27-20(4,5)6/h7-9,13,15H,10-11H2,1-6H3,(H,23,24). The SMILES string of the molecule is CC(C)(C)OC(=O)N1CC(Oc2ccc(C(C)(C)C)cc2Cl)CC1C(=O)O. The van der Waals surface area contributed by atoms with Gasteiger partial charge in [-0.25, -0.2) is 9.59 Å². The molecule has 2 rings (SSSR count). The number of amides is 1. The fraction of sp³-hybridized carbons (Fsp3) is 0.600. The van der Waals surface area contributed by atoms with E-state index in [9.17, 15) is 14.7 Å². The second-order valence-corrected chi connectivity index (χ2v) is 9.26. The molecule has 0 bridgehead atoms. The second kappa shape index (κ2) is 7.58. The number of carbonyl (C=O) groups excluding carboxylic acids is 1. The van der Waals surface area contributed by atoms with Crippen LogP contribution in [0.15, 0.2) is 18.2 Å². The summed E-state index contributed by atoms with van der Waals surface area (Å²) in [5.74, 6) is -0.606. The molecule has 0 aromatic heterocycles. The topological polar surface area (TPSA) is 76.1 Å². The third kappa shape index (κ3) is 5.51. The van der Waals surface area contributed by atoms with Crippen LogP contribution < -0.4 is 4.74 Å². The Morgan fingerprint density at radius 1 is 1.19 bits per heavy atom. The summed E-state index contributed by atoms with van der Waals surface area (Å²) in [4.78, 5) is 25.1. The van der Waals surface area contributed by atoms with Crippen LogP contribution in [0.3, 0.4) is 0 Å². The molecule has 2 atom stereocenters. The number of likely N-dealkylation sites (tertiary alicyclic amines) is 1. The Balaban J connectivity index is 2.14. The van der Waals surface area contributed by atoms with E-state index in [1.54, 1.807) is 26.8 Å². The summed E-state index contributed by atoms with van der Waals surface area (Å²) in [5, 5.41) is 9.93. The molecule has 1 N–H and O–H groups in total. The van der Waals surface area contributed by atoms with Gasteiger partial charge in [-0.15, -0.1) is 0 Å². The fourth-order valence-corrected chi connectivity index (χ4v) is 3.11. The summed E-state index contributed by atoms with van der Waals surface area (Å²) in [5.41, 5.74) is 0.327. The van der Waals surface area contributed by atoms with Crippen LogP contribution in [0.25, 0.3) is 0 Å². The van der Waals surface area contributed by atoms with Crippen molar-refractivity contribution in [2.45, 2.75) is 71.1 Å². The first-order valence-electron chi connectivity index (χ1n) is 8.97. The number of ether oxygens (including phenoxy) is 2. The van der Waals surface area contributed by atoms with Gasteiger partial charge in [-0.1, -0.05) is 38.4 Å². The van der Waals surface area contributed by atoms with Crippen molar-refractivity contribution in [3.8, 4) is 5.75 Å². The molecule has 1 heterocycles. The molecule has 27 heavy (non-hydrogen) atoms. The molecule has 1 aromatic rings. The monoisotopic (exact) mass is 397 g/mol. The average Bonchev–Trinajstić information content (AvgIpc) is 2.91. The van der Waals surface area contributed by atoms with Gasteiger partial charge in [0.2, 0.25) is 0 Å². The van der Waals surface area contributed by atoms with E-state index in [1.807, 2.05) is 12.1 Å². The lowest BCUT2D eigenvalue weighted by molar-refractivity contribution is -0.142. The lowest BCUT2D eigenvalue weighted by Gasteiger charge is -2.26. The number of hydrogen-bond acceptors (Lipinski definition) is 4. The van der Waals surface area contributed by atoms with Gasteiger partial charge in [0.05, 0.1) is 11.6 Å². The molecule has 7 heteroatoms. The highest BCUT2D eigenvalue weighted by Gasteiger charge is 2.42. The molecular weight excluding hydrogens is 370 g/mol. The summed E-state index contributed by atoms with van der Waals surface area (Å²) < 4.78 is 11.2. The number of rotatable bonds is 3. The lowest BCUT2D eigenvalue weighted by Crippen LogP contribution is -2.43. The molecule has 0 radical (unpaired) electrons. The summed E-state index contributed by atoms with van der Waals surface area (Å²) in [7, 11) is 0. The van der Waals surface area contributed by atoms with E-state index in [-0.39, 0.29) is 18.4 Å². The number of benzene rings is 1. The Morgan fingerprint density at radius 2 is 1.81 bits per heavy atom. The van der Waals surface area contributed by atoms with E-state index >= 15 is 0 Å². The number of halogens is 1. The highest BCUT2D eigenvalue weighted by molar-refractivity contribution is 6.32. The first-order valence-corrected chi connectivity index (χ1v) is 9.35. The van der Waals surface area contributed by atoms with Gasteiger partial charge in [-0.2, -0.15) is 0 Å². The van der Waals surface area contributed by atoms with Crippen LogP contribution in [0.4, 0.5) is 4.79 Å². The molecule has 0 saturated carbocycles. The minimum atomic E-state index is -1.08. The van der Waals surface area contributed by atoms with Crippen LogP contribution in [0, 0.1) is 0 Å². The maximum atomic E-state index is 12.4. The minimum absolute atomic E-state index is 0.0442. The van der Waals surface area contributed by atoms with Crippen molar-refractivity contribution in [3.63, 3.8) is 0 Å². The molecule has 1 fully saturated rings. The van der Waals surface area contributed by atoms with Gasteiger partial charge in [0.1, 0.15) is 23.5 Å². The maximum Gasteiger partial charge on any atom is 0.411 e. The summed E-state index contributed by atoms with van der Waals surface area (Å²) >= 11 is 6.35. The number of carboxylic acids is 1. The second-order valence-electron chi connectivity index (χ2n) is 8.86. The molecule has 2 unspecified atom stereocenters. The zero-order valence-corrected chi connectivity index (χ0v) is 17.5. The van der Waals surface area contributed by atoms with Crippen LogP contribution in [-0.4, -0.2) is 46.4 Å². The summed E-state index contributed by atoms with van der Waals surface area (Å²) in [6.45, 7) is 11.6. The van der Waals surface area contributed by atoms with Gasteiger partial charge in [0, 0.05) is 6.42 Å². The van der Waals surface area contributed by atoms with Crippen LogP contribution in [0.5, 0.6) is 5.75 Å². The number of hydrogen-bond donors (Lipinski definition) is 1. The van der Waals surface area contributed by atoms with Crippen molar-refractivity contribution in [3.05, 3.63) is 28.8 Å². The highest BCUT2D eigenvalue weighted by Crippen LogP contribution is 2.33. The van der Waals surface area contributed by atoms with E-state index in [4.69, 9.17) is 21.1 Å². The van der Waals surface area contributed by atoms with Crippen LogP contribution in [-0.2, 0) is 14.9 Å². The molecule has 1 amide bonds. The number of nitrogens with zero attached hydrogens (tertiary/aromatic N) is 1. The quantitative estimate of drug-likeness (QED) is 0.813. The third-order valence-corrected chi connectivity index (χ3v) is 4.56. The van der Waals surface area contributed by atoms with Crippen LogP contribution in [0.2, 0.25) is 5.02 Å². The first kappa shape index (κ1) is 21.4. The van der Waals surface area contributed by atoms with Crippen molar-refractivity contribution in [2.24, 2.45) is 0 Å². The molecule has 0 spiro atoms. The van der Waals surface area contributed by atoms with Crippen molar-refractivity contribution >= 4 is 23.7 Å². The van der Waals surface area contributed by atoms with Gasteiger partial charge < -0.3 is 14.6 Å². The van der Waals surface area contributed by atoms with Gasteiger partial charge in [-0.05, 0) is 43.9 Å². The predicted octanol–water partition coefficient (Wildman–Crippen LogP) is 4.48. The molecule has 150 valence electrons. The van der Waals surface area contributed by atoms with Gasteiger partial charge in [-0.3, -0.25) is 4.90 Å². The zero-order chi connectivity index (χ0) is 20.6. The molecule has 1 saturated heterocycles. The summed E-state index contributed by atoms with van der Waals surface area (Å²) in [6.07, 6.45) is -0.960. The first-order chi connectivity index (χ1) is 12.3. The molecule has 1 aliphatic heterocycles.